The Balaban J connectivity index is 2.45. The molecule has 4 nitrogen and oxygen atoms in total. The van der Waals surface area contributed by atoms with Crippen LogP contribution in [0, 0.1) is 5.41 Å². The third-order valence-electron chi connectivity index (χ3n) is 2.60. The molecule has 1 aromatic heterocycles. The number of rotatable bonds is 5. The van der Waals surface area contributed by atoms with E-state index in [1.165, 1.54) is 12.3 Å². The summed E-state index contributed by atoms with van der Waals surface area (Å²) < 4.78 is 1.63. The van der Waals surface area contributed by atoms with Gasteiger partial charge in [-0.3, -0.25) is 9.36 Å². The van der Waals surface area contributed by atoms with E-state index in [-0.39, 0.29) is 11.0 Å². The van der Waals surface area contributed by atoms with E-state index in [1.54, 1.807) is 10.9 Å². The van der Waals surface area contributed by atoms with Crippen molar-refractivity contribution < 1.29 is 0 Å². The Hall–Kier alpha value is -1.16. The van der Waals surface area contributed by atoms with Crippen LogP contribution in [0.2, 0.25) is 0 Å². The van der Waals surface area contributed by atoms with Crippen molar-refractivity contribution in [3.05, 3.63) is 28.9 Å². The topological polar surface area (TPSA) is 60.9 Å². The van der Waals surface area contributed by atoms with Gasteiger partial charge in [0.25, 0.3) is 5.56 Å². The zero-order valence-electron chi connectivity index (χ0n) is 9.44. The third-order valence-corrected chi connectivity index (χ3v) is 2.60. The van der Waals surface area contributed by atoms with Crippen LogP contribution in [-0.2, 0) is 6.54 Å². The van der Waals surface area contributed by atoms with Crippen molar-refractivity contribution in [3.63, 3.8) is 0 Å². The Morgan fingerprint density at radius 3 is 2.87 bits per heavy atom. The molecule has 1 aromatic rings. The first-order chi connectivity index (χ1) is 7.05. The molecule has 4 heteroatoms. The summed E-state index contributed by atoms with van der Waals surface area (Å²) in [6.07, 6.45) is 5.07. The highest BCUT2D eigenvalue weighted by Gasteiger charge is 2.14. The van der Waals surface area contributed by atoms with Crippen LogP contribution in [0.25, 0.3) is 0 Å². The molecule has 0 atom stereocenters. The normalized spacial score (nSPS) is 11.7. The van der Waals surface area contributed by atoms with E-state index >= 15 is 0 Å². The molecule has 0 spiro atoms. The number of aryl methyl sites for hydroxylation is 1. The molecule has 0 aliphatic carbocycles. The first-order valence-electron chi connectivity index (χ1n) is 5.26. The van der Waals surface area contributed by atoms with Crippen molar-refractivity contribution >= 4 is 0 Å². The van der Waals surface area contributed by atoms with Crippen LogP contribution in [0.15, 0.2) is 23.4 Å². The Kier molecular flexibility index (Phi) is 4.03. The highest BCUT2D eigenvalue weighted by atomic mass is 16.1. The molecule has 0 saturated heterocycles. The summed E-state index contributed by atoms with van der Waals surface area (Å²) >= 11 is 0. The summed E-state index contributed by atoms with van der Waals surface area (Å²) in [6, 6.07) is 1.48. The lowest BCUT2D eigenvalue weighted by Crippen LogP contribution is -2.25. The first-order valence-corrected chi connectivity index (χ1v) is 5.26. The van der Waals surface area contributed by atoms with Crippen molar-refractivity contribution in [3.8, 4) is 0 Å². The number of nitrogens with zero attached hydrogens (tertiary/aromatic N) is 2. The molecule has 84 valence electrons. The fourth-order valence-corrected chi connectivity index (χ4v) is 1.38. The molecule has 0 fully saturated rings. The van der Waals surface area contributed by atoms with Crippen molar-refractivity contribution in [1.29, 1.82) is 0 Å². The van der Waals surface area contributed by atoms with Gasteiger partial charge < -0.3 is 5.73 Å². The lowest BCUT2D eigenvalue weighted by molar-refractivity contribution is 0.326. The fourth-order valence-electron chi connectivity index (χ4n) is 1.38. The molecule has 0 amide bonds. The van der Waals surface area contributed by atoms with Crippen LogP contribution in [0.4, 0.5) is 0 Å². The Morgan fingerprint density at radius 2 is 2.27 bits per heavy atom. The SMILES string of the molecule is CC(C)(CN)CCCn1cnccc1=O. The molecule has 0 aromatic carbocycles. The standard InChI is InChI=1S/C11H19N3O/c1-11(2,8-12)5-3-7-14-9-13-6-4-10(14)15/h4,6,9H,3,5,7-8,12H2,1-2H3. The molecule has 1 heterocycles. The van der Waals surface area contributed by atoms with Gasteiger partial charge in [0.1, 0.15) is 0 Å². The molecule has 0 radical (unpaired) electrons. The van der Waals surface area contributed by atoms with Crippen LogP contribution in [0.3, 0.4) is 0 Å². The van der Waals surface area contributed by atoms with Crippen LogP contribution >= 0.6 is 0 Å². The van der Waals surface area contributed by atoms with Crippen LogP contribution in [0.1, 0.15) is 26.7 Å². The van der Waals surface area contributed by atoms with Gasteiger partial charge in [0.2, 0.25) is 0 Å². The van der Waals surface area contributed by atoms with Gasteiger partial charge in [-0.1, -0.05) is 13.8 Å². The van der Waals surface area contributed by atoms with Crippen molar-refractivity contribution in [2.75, 3.05) is 6.54 Å². The molecule has 0 bridgehead atoms. The summed E-state index contributed by atoms with van der Waals surface area (Å²) in [4.78, 5) is 15.3. The minimum absolute atomic E-state index is 0.00977. The molecule has 0 aliphatic rings. The van der Waals surface area contributed by atoms with E-state index in [4.69, 9.17) is 5.73 Å². The lowest BCUT2D eigenvalue weighted by Gasteiger charge is -2.21. The van der Waals surface area contributed by atoms with Gasteiger partial charge >= 0.3 is 0 Å². The highest BCUT2D eigenvalue weighted by molar-refractivity contribution is 4.82. The highest BCUT2D eigenvalue weighted by Crippen LogP contribution is 2.20. The summed E-state index contributed by atoms with van der Waals surface area (Å²) in [5.74, 6) is 0. The predicted molar refractivity (Wildman–Crippen MR) is 60.6 cm³/mol. The fraction of sp³-hybridized carbons (Fsp3) is 0.636. The average Bonchev–Trinajstić information content (AvgIpc) is 2.21. The molecular weight excluding hydrogens is 190 g/mol. The summed E-state index contributed by atoms with van der Waals surface area (Å²) in [5.41, 5.74) is 5.80. The molecular formula is C11H19N3O. The van der Waals surface area contributed by atoms with Gasteiger partial charge in [-0.25, -0.2) is 4.98 Å². The first kappa shape index (κ1) is 11.9. The quantitative estimate of drug-likeness (QED) is 0.787. The van der Waals surface area contributed by atoms with Gasteiger partial charge in [-0.05, 0) is 24.8 Å². The molecule has 15 heavy (non-hydrogen) atoms. The predicted octanol–water partition coefficient (Wildman–Crippen LogP) is 1.01. The van der Waals surface area contributed by atoms with E-state index in [2.05, 4.69) is 18.8 Å². The minimum atomic E-state index is 0.00977. The van der Waals surface area contributed by atoms with Gasteiger partial charge in [-0.15, -0.1) is 0 Å². The largest absolute Gasteiger partial charge is 0.330 e. The second-order valence-corrected chi connectivity index (χ2v) is 4.58. The maximum absolute atomic E-state index is 11.3. The molecule has 2 N–H and O–H groups in total. The lowest BCUT2D eigenvalue weighted by atomic mass is 9.88. The third kappa shape index (κ3) is 3.83. The van der Waals surface area contributed by atoms with Gasteiger partial charge in [0.05, 0.1) is 6.33 Å². The number of nitrogens with two attached hydrogens (primary N) is 1. The van der Waals surface area contributed by atoms with Crippen molar-refractivity contribution in [2.24, 2.45) is 11.1 Å². The number of hydrogen-bond acceptors (Lipinski definition) is 3. The second-order valence-electron chi connectivity index (χ2n) is 4.58. The van der Waals surface area contributed by atoms with Crippen molar-refractivity contribution in [2.45, 2.75) is 33.2 Å². The Bertz CT molecular complexity index is 357. The number of aromatic nitrogens is 2. The van der Waals surface area contributed by atoms with Crippen LogP contribution < -0.4 is 11.3 Å². The van der Waals surface area contributed by atoms with E-state index in [9.17, 15) is 4.79 Å². The van der Waals surface area contributed by atoms with Gasteiger partial charge in [0.15, 0.2) is 0 Å². The molecule has 0 unspecified atom stereocenters. The summed E-state index contributed by atoms with van der Waals surface area (Å²) in [5, 5.41) is 0. The zero-order chi connectivity index (χ0) is 11.3. The monoisotopic (exact) mass is 209 g/mol. The van der Waals surface area contributed by atoms with Gasteiger partial charge in [0, 0.05) is 18.8 Å². The van der Waals surface area contributed by atoms with Crippen LogP contribution in [-0.4, -0.2) is 16.1 Å². The van der Waals surface area contributed by atoms with E-state index in [1.807, 2.05) is 0 Å². The van der Waals surface area contributed by atoms with E-state index < -0.39 is 0 Å². The molecule has 1 rings (SSSR count). The molecule has 0 aliphatic heterocycles. The zero-order valence-corrected chi connectivity index (χ0v) is 9.44. The van der Waals surface area contributed by atoms with Crippen molar-refractivity contribution in [1.82, 2.24) is 9.55 Å². The minimum Gasteiger partial charge on any atom is -0.330 e. The Labute approximate surface area is 90.1 Å². The van der Waals surface area contributed by atoms with E-state index in [0.29, 0.717) is 6.54 Å². The van der Waals surface area contributed by atoms with E-state index in [0.717, 1.165) is 19.4 Å². The van der Waals surface area contributed by atoms with Gasteiger partial charge in [-0.2, -0.15) is 0 Å². The average molecular weight is 209 g/mol. The number of hydrogen-bond donors (Lipinski definition) is 1. The summed E-state index contributed by atoms with van der Waals surface area (Å²) in [7, 11) is 0. The smallest absolute Gasteiger partial charge is 0.253 e. The maximum atomic E-state index is 11.3. The van der Waals surface area contributed by atoms with Crippen LogP contribution in [0.5, 0.6) is 0 Å². The summed E-state index contributed by atoms with van der Waals surface area (Å²) in [6.45, 7) is 5.67. The maximum Gasteiger partial charge on any atom is 0.253 e. The Morgan fingerprint density at radius 1 is 1.53 bits per heavy atom. The second kappa shape index (κ2) is 5.07. The molecule has 0 saturated carbocycles.